The maximum Gasteiger partial charge on any atom is 0.426 e. The van der Waals surface area contributed by atoms with Gasteiger partial charge in [-0.05, 0) is 33.3 Å². The van der Waals surface area contributed by atoms with Crippen LogP contribution >= 0.6 is 0 Å². The molecular weight excluding hydrogens is 350 g/mol. The molecule has 0 N–H and O–H groups in total. The average molecular weight is 371 g/mol. The molecule has 2 rings (SSSR count). The number of nitrogens with zero attached hydrogens (tertiary/aromatic N) is 1. The smallest absolute Gasteiger partial charge is 0.426 e. The van der Waals surface area contributed by atoms with Crippen LogP contribution in [0.25, 0.3) is 0 Å². The first-order valence-corrected chi connectivity index (χ1v) is 9.04. The van der Waals surface area contributed by atoms with Crippen LogP contribution in [0.5, 0.6) is 0 Å². The maximum atomic E-state index is 12.4. The third-order valence-electron chi connectivity index (χ3n) is 3.25. The molecule has 2 atom stereocenters. The van der Waals surface area contributed by atoms with E-state index >= 15 is 0 Å². The monoisotopic (exact) mass is 371 g/mol. The second kappa shape index (κ2) is 7.01. The molecule has 1 fully saturated rings. The summed E-state index contributed by atoms with van der Waals surface area (Å²) >= 11 is 0. The molecule has 138 valence electrons. The van der Waals surface area contributed by atoms with Crippen molar-refractivity contribution in [3.05, 3.63) is 35.9 Å². The van der Waals surface area contributed by atoms with Crippen LogP contribution in [0.4, 0.5) is 4.79 Å². The molecule has 1 heterocycles. The van der Waals surface area contributed by atoms with Gasteiger partial charge in [0.05, 0.1) is 0 Å². The second-order valence-electron chi connectivity index (χ2n) is 6.57. The third-order valence-corrected chi connectivity index (χ3v) is 4.66. The van der Waals surface area contributed by atoms with Crippen LogP contribution in [0.3, 0.4) is 0 Å². The van der Waals surface area contributed by atoms with Crippen LogP contribution in [0.15, 0.2) is 30.3 Å². The van der Waals surface area contributed by atoms with E-state index in [0.717, 1.165) is 5.56 Å². The van der Waals surface area contributed by atoms with Gasteiger partial charge in [0.15, 0.2) is 6.04 Å². The lowest BCUT2D eigenvalue weighted by Gasteiger charge is -2.25. The number of esters is 1. The molecule has 0 aliphatic carbocycles. The number of amides is 1. The van der Waals surface area contributed by atoms with E-state index in [2.05, 4.69) is 0 Å². The Morgan fingerprint density at radius 2 is 1.80 bits per heavy atom. The number of carbonyl (C=O) groups is 2. The van der Waals surface area contributed by atoms with Crippen LogP contribution in [0.1, 0.15) is 33.3 Å². The van der Waals surface area contributed by atoms with Gasteiger partial charge in [-0.15, -0.1) is 0 Å². The zero-order valence-corrected chi connectivity index (χ0v) is 15.3. The highest BCUT2D eigenvalue weighted by Crippen LogP contribution is 2.28. The van der Waals surface area contributed by atoms with Crippen molar-refractivity contribution in [1.29, 1.82) is 0 Å². The van der Waals surface area contributed by atoms with E-state index in [1.807, 2.05) is 6.07 Å². The van der Waals surface area contributed by atoms with E-state index in [4.69, 9.17) is 13.7 Å². The van der Waals surface area contributed by atoms with Crippen molar-refractivity contribution < 1.29 is 31.7 Å². The van der Waals surface area contributed by atoms with Crippen molar-refractivity contribution in [3.8, 4) is 0 Å². The molecule has 1 saturated heterocycles. The van der Waals surface area contributed by atoms with Gasteiger partial charge in [-0.1, -0.05) is 30.3 Å². The molecule has 0 radical (unpaired) electrons. The molecule has 1 aromatic rings. The van der Waals surface area contributed by atoms with Crippen LogP contribution in [-0.4, -0.2) is 42.5 Å². The van der Waals surface area contributed by atoms with Crippen molar-refractivity contribution in [2.75, 3.05) is 0 Å². The van der Waals surface area contributed by atoms with Gasteiger partial charge < -0.3 is 9.47 Å². The number of ether oxygens (including phenoxy) is 2. The maximum absolute atomic E-state index is 12.4. The standard InChI is InChI=1S/C16H21NO7S/c1-11-13(14(18)22-10-12-8-6-5-7-9-12)17(25(20,21)24-11)15(19)23-16(2,3)4/h5-9,11,13H,10H2,1-4H3/t11-,13?/m0/s1. The Morgan fingerprint density at radius 1 is 1.20 bits per heavy atom. The Labute approximate surface area is 146 Å². The molecular formula is C16H21NO7S. The Balaban J connectivity index is 2.17. The lowest BCUT2D eigenvalue weighted by molar-refractivity contribution is -0.150. The highest BCUT2D eigenvalue weighted by atomic mass is 32.2. The van der Waals surface area contributed by atoms with Gasteiger partial charge in [0.25, 0.3) is 0 Å². The first-order valence-electron chi connectivity index (χ1n) is 7.67. The zero-order chi connectivity index (χ0) is 18.8. The Bertz CT molecular complexity index is 739. The van der Waals surface area contributed by atoms with Gasteiger partial charge in [0, 0.05) is 0 Å². The molecule has 0 aromatic heterocycles. The predicted octanol–water partition coefficient (Wildman–Crippen LogP) is 2.00. The van der Waals surface area contributed by atoms with E-state index in [-0.39, 0.29) is 6.61 Å². The van der Waals surface area contributed by atoms with Crippen LogP contribution < -0.4 is 0 Å². The summed E-state index contributed by atoms with van der Waals surface area (Å²) in [6.07, 6.45) is -2.26. The molecule has 25 heavy (non-hydrogen) atoms. The van der Waals surface area contributed by atoms with Crippen molar-refractivity contribution in [2.45, 2.75) is 52.0 Å². The predicted molar refractivity (Wildman–Crippen MR) is 87.6 cm³/mol. The molecule has 1 amide bonds. The summed E-state index contributed by atoms with van der Waals surface area (Å²) in [4.78, 5) is 24.6. The van der Waals surface area contributed by atoms with Crippen molar-refractivity contribution in [3.63, 3.8) is 0 Å². The molecule has 1 unspecified atom stereocenters. The Kier molecular flexibility index (Phi) is 5.38. The van der Waals surface area contributed by atoms with Crippen molar-refractivity contribution in [1.82, 2.24) is 4.31 Å². The summed E-state index contributed by atoms with van der Waals surface area (Å²) in [6, 6.07) is 7.44. The topological polar surface area (TPSA) is 99.2 Å². The SMILES string of the molecule is C[C@@H]1OS(=O)(=O)N(C(=O)OC(C)(C)C)C1C(=O)OCc1ccccc1. The Morgan fingerprint density at radius 3 is 2.36 bits per heavy atom. The highest BCUT2D eigenvalue weighted by molar-refractivity contribution is 7.85. The second-order valence-corrected chi connectivity index (χ2v) is 8.01. The number of benzene rings is 1. The third kappa shape index (κ3) is 4.70. The van der Waals surface area contributed by atoms with Gasteiger partial charge in [0.1, 0.15) is 18.3 Å². The van der Waals surface area contributed by atoms with Crippen LogP contribution in [0.2, 0.25) is 0 Å². The first kappa shape index (κ1) is 19.2. The number of rotatable bonds is 3. The largest absolute Gasteiger partial charge is 0.459 e. The Hall–Kier alpha value is -2.13. The van der Waals surface area contributed by atoms with Gasteiger partial charge in [-0.3, -0.25) is 0 Å². The van der Waals surface area contributed by atoms with Gasteiger partial charge in [-0.25, -0.2) is 13.8 Å². The van der Waals surface area contributed by atoms with E-state index < -0.39 is 40.1 Å². The van der Waals surface area contributed by atoms with E-state index in [1.165, 1.54) is 6.92 Å². The van der Waals surface area contributed by atoms with Gasteiger partial charge in [-0.2, -0.15) is 12.7 Å². The number of hydrogen-bond acceptors (Lipinski definition) is 7. The zero-order valence-electron chi connectivity index (χ0n) is 14.5. The average Bonchev–Trinajstić information content (AvgIpc) is 2.73. The molecule has 0 saturated carbocycles. The summed E-state index contributed by atoms with van der Waals surface area (Å²) in [5.41, 5.74) is -0.203. The fraction of sp³-hybridized carbons (Fsp3) is 0.500. The lowest BCUT2D eigenvalue weighted by Crippen LogP contribution is -2.48. The van der Waals surface area contributed by atoms with Crippen LogP contribution in [0, 0.1) is 0 Å². The summed E-state index contributed by atoms with van der Waals surface area (Å²) in [5, 5.41) is 0. The van der Waals surface area contributed by atoms with Crippen molar-refractivity contribution >= 4 is 22.4 Å². The first-order chi connectivity index (χ1) is 11.5. The van der Waals surface area contributed by atoms with Gasteiger partial charge >= 0.3 is 22.4 Å². The lowest BCUT2D eigenvalue weighted by atomic mass is 10.2. The highest BCUT2D eigenvalue weighted by Gasteiger charge is 2.53. The molecule has 1 aliphatic rings. The minimum Gasteiger partial charge on any atom is -0.459 e. The van der Waals surface area contributed by atoms with E-state index in [1.54, 1.807) is 45.0 Å². The molecule has 0 bridgehead atoms. The summed E-state index contributed by atoms with van der Waals surface area (Å²) < 4.78 is 39.5. The minimum absolute atomic E-state index is 0.0505. The number of carbonyl (C=O) groups excluding carboxylic acids is 2. The molecule has 1 aliphatic heterocycles. The van der Waals surface area contributed by atoms with Crippen molar-refractivity contribution in [2.24, 2.45) is 0 Å². The van der Waals surface area contributed by atoms with E-state index in [9.17, 15) is 18.0 Å². The fourth-order valence-corrected chi connectivity index (χ4v) is 3.57. The minimum atomic E-state index is -4.43. The fourth-order valence-electron chi connectivity index (χ4n) is 2.23. The quantitative estimate of drug-likeness (QED) is 0.749. The molecule has 1 aromatic carbocycles. The van der Waals surface area contributed by atoms with E-state index in [0.29, 0.717) is 4.31 Å². The van der Waals surface area contributed by atoms with Crippen LogP contribution in [-0.2, 0) is 35.4 Å². The summed E-state index contributed by atoms with van der Waals surface area (Å²) in [5.74, 6) is -0.886. The van der Waals surface area contributed by atoms with Gasteiger partial charge in [0.2, 0.25) is 0 Å². The summed E-state index contributed by atoms with van der Waals surface area (Å²) in [7, 11) is -4.43. The summed E-state index contributed by atoms with van der Waals surface area (Å²) in [6.45, 7) is 6.07. The number of hydrogen-bond donors (Lipinski definition) is 0. The molecule has 8 nitrogen and oxygen atoms in total. The molecule has 0 spiro atoms. The molecule has 9 heteroatoms. The normalized spacial score (nSPS) is 22.5.